The number of rotatable bonds is 4. The minimum Gasteiger partial charge on any atom is -0.300 e. The Morgan fingerprint density at radius 2 is 1.58 bits per heavy atom. The monoisotopic (exact) mass is 350 g/mol. The maximum Gasteiger partial charge on any atom is 0.218 e. The summed E-state index contributed by atoms with van der Waals surface area (Å²) in [7, 11) is -3.21. The minimum atomic E-state index is -3.21. The third kappa shape index (κ3) is 4.38. The highest BCUT2D eigenvalue weighted by Gasteiger charge is 2.31. The number of nitrogens with zero attached hydrogens (tertiary/aromatic N) is 2. The number of likely N-dealkylation sites (tertiary alicyclic amines) is 1. The van der Waals surface area contributed by atoms with Crippen LogP contribution in [0.4, 0.5) is 0 Å². The van der Waals surface area contributed by atoms with Crippen molar-refractivity contribution in [2.24, 2.45) is 0 Å². The number of piperidine rings is 1. The molecule has 0 spiro atoms. The highest BCUT2D eigenvalue weighted by molar-refractivity contribution is 7.88. The van der Waals surface area contributed by atoms with Crippen molar-refractivity contribution in [3.63, 3.8) is 0 Å². The average Bonchev–Trinajstić information content (AvgIpc) is 2.86. The lowest BCUT2D eigenvalue weighted by Gasteiger charge is -2.37. The Hall–Kier alpha value is -0.910. The summed E-state index contributed by atoms with van der Waals surface area (Å²) < 4.78 is 27.2. The van der Waals surface area contributed by atoms with Crippen molar-refractivity contribution < 1.29 is 8.42 Å². The lowest BCUT2D eigenvalue weighted by molar-refractivity contribution is 0.143. The zero-order valence-electron chi connectivity index (χ0n) is 14.8. The van der Waals surface area contributed by atoms with E-state index in [1.807, 2.05) is 31.2 Å². The first-order chi connectivity index (χ1) is 11.6. The van der Waals surface area contributed by atoms with E-state index in [1.165, 1.54) is 38.8 Å². The Morgan fingerprint density at radius 3 is 2.21 bits per heavy atom. The second-order valence-electron chi connectivity index (χ2n) is 7.26. The Kier molecular flexibility index (Phi) is 5.95. The van der Waals surface area contributed by atoms with Crippen LogP contribution in [0.25, 0.3) is 0 Å². The van der Waals surface area contributed by atoms with Crippen LogP contribution >= 0.6 is 0 Å². The molecule has 0 saturated carbocycles. The molecule has 0 bridgehead atoms. The van der Waals surface area contributed by atoms with E-state index in [2.05, 4.69) is 4.90 Å². The zero-order chi connectivity index (χ0) is 17.0. The van der Waals surface area contributed by atoms with Gasteiger partial charge >= 0.3 is 0 Å². The SMILES string of the molecule is Cc1ccccc1CS(=O)(=O)N1CCC(N2CCCCCC2)CC1. The first-order valence-corrected chi connectivity index (χ1v) is 10.9. The van der Waals surface area contributed by atoms with E-state index in [-0.39, 0.29) is 5.75 Å². The minimum absolute atomic E-state index is 0.133. The normalized spacial score (nSPS) is 22.4. The van der Waals surface area contributed by atoms with Crippen LogP contribution in [0, 0.1) is 6.92 Å². The third-order valence-corrected chi connectivity index (χ3v) is 7.40. The molecule has 3 rings (SSSR count). The summed E-state index contributed by atoms with van der Waals surface area (Å²) in [6, 6.07) is 8.36. The molecule has 0 atom stereocenters. The molecule has 5 heteroatoms. The van der Waals surface area contributed by atoms with E-state index in [0.29, 0.717) is 19.1 Å². The molecular formula is C19H30N2O2S. The summed E-state index contributed by atoms with van der Waals surface area (Å²) in [5, 5.41) is 0. The van der Waals surface area contributed by atoms with Gasteiger partial charge in [0.05, 0.1) is 5.75 Å². The predicted octanol–water partition coefficient (Wildman–Crippen LogP) is 3.17. The molecular weight excluding hydrogens is 320 g/mol. The van der Waals surface area contributed by atoms with Crippen molar-refractivity contribution in [2.45, 2.75) is 57.2 Å². The van der Waals surface area contributed by atoms with Crippen LogP contribution in [0.15, 0.2) is 24.3 Å². The molecule has 24 heavy (non-hydrogen) atoms. The van der Waals surface area contributed by atoms with E-state index in [1.54, 1.807) is 4.31 Å². The molecule has 0 amide bonds. The lowest BCUT2D eigenvalue weighted by Crippen LogP contribution is -2.47. The molecule has 2 aliphatic rings. The summed E-state index contributed by atoms with van der Waals surface area (Å²) in [6.45, 7) is 5.72. The van der Waals surface area contributed by atoms with Gasteiger partial charge in [-0.05, 0) is 56.8 Å². The summed E-state index contributed by atoms with van der Waals surface area (Å²) in [4.78, 5) is 2.61. The van der Waals surface area contributed by atoms with Crippen molar-refractivity contribution in [2.75, 3.05) is 26.2 Å². The van der Waals surface area contributed by atoms with Crippen LogP contribution in [0.1, 0.15) is 49.7 Å². The Balaban J connectivity index is 1.58. The van der Waals surface area contributed by atoms with Gasteiger partial charge in [-0.15, -0.1) is 0 Å². The van der Waals surface area contributed by atoms with Gasteiger partial charge in [0.1, 0.15) is 0 Å². The number of hydrogen-bond acceptors (Lipinski definition) is 3. The third-order valence-electron chi connectivity index (χ3n) is 5.57. The van der Waals surface area contributed by atoms with E-state index >= 15 is 0 Å². The highest BCUT2D eigenvalue weighted by atomic mass is 32.2. The van der Waals surface area contributed by atoms with Gasteiger partial charge in [-0.1, -0.05) is 37.1 Å². The van der Waals surface area contributed by atoms with Crippen LogP contribution in [0.3, 0.4) is 0 Å². The van der Waals surface area contributed by atoms with Crippen molar-refractivity contribution in [1.82, 2.24) is 9.21 Å². The Morgan fingerprint density at radius 1 is 0.958 bits per heavy atom. The van der Waals surface area contributed by atoms with Gasteiger partial charge in [0.25, 0.3) is 0 Å². The summed E-state index contributed by atoms with van der Waals surface area (Å²) in [5.41, 5.74) is 1.98. The summed E-state index contributed by atoms with van der Waals surface area (Å²) >= 11 is 0. The van der Waals surface area contributed by atoms with Crippen molar-refractivity contribution in [3.05, 3.63) is 35.4 Å². The van der Waals surface area contributed by atoms with E-state index in [0.717, 1.165) is 24.0 Å². The van der Waals surface area contributed by atoms with Crippen LogP contribution in [0.5, 0.6) is 0 Å². The van der Waals surface area contributed by atoms with Crippen LogP contribution in [-0.4, -0.2) is 49.8 Å². The van der Waals surface area contributed by atoms with Gasteiger partial charge in [-0.3, -0.25) is 0 Å². The quantitative estimate of drug-likeness (QED) is 0.837. The van der Waals surface area contributed by atoms with E-state index in [4.69, 9.17) is 0 Å². The first kappa shape index (κ1) is 17.9. The molecule has 2 heterocycles. The van der Waals surface area contributed by atoms with Gasteiger partial charge < -0.3 is 4.90 Å². The van der Waals surface area contributed by atoms with Crippen LogP contribution in [0.2, 0.25) is 0 Å². The maximum absolute atomic E-state index is 12.8. The summed E-state index contributed by atoms with van der Waals surface area (Å²) in [5.74, 6) is 0.133. The van der Waals surface area contributed by atoms with E-state index in [9.17, 15) is 8.42 Å². The van der Waals surface area contributed by atoms with Crippen molar-refractivity contribution >= 4 is 10.0 Å². The zero-order valence-corrected chi connectivity index (χ0v) is 15.6. The topological polar surface area (TPSA) is 40.6 Å². The van der Waals surface area contributed by atoms with Crippen molar-refractivity contribution in [3.8, 4) is 0 Å². The maximum atomic E-state index is 12.8. The van der Waals surface area contributed by atoms with Gasteiger partial charge in [0.2, 0.25) is 10.0 Å². The smallest absolute Gasteiger partial charge is 0.218 e. The fourth-order valence-corrected chi connectivity index (χ4v) is 5.67. The lowest BCUT2D eigenvalue weighted by atomic mass is 10.0. The molecule has 2 fully saturated rings. The number of hydrogen-bond donors (Lipinski definition) is 0. The van der Waals surface area contributed by atoms with E-state index < -0.39 is 10.0 Å². The molecule has 134 valence electrons. The van der Waals surface area contributed by atoms with Crippen LogP contribution < -0.4 is 0 Å². The molecule has 2 saturated heterocycles. The molecule has 1 aromatic carbocycles. The molecule has 0 N–H and O–H groups in total. The molecule has 4 nitrogen and oxygen atoms in total. The molecule has 0 radical (unpaired) electrons. The second kappa shape index (κ2) is 7.98. The molecule has 2 aliphatic heterocycles. The van der Waals surface area contributed by atoms with Crippen LogP contribution in [-0.2, 0) is 15.8 Å². The fourth-order valence-electron chi connectivity index (χ4n) is 4.01. The van der Waals surface area contributed by atoms with Gasteiger partial charge in [0.15, 0.2) is 0 Å². The fraction of sp³-hybridized carbons (Fsp3) is 0.684. The van der Waals surface area contributed by atoms with Gasteiger partial charge in [0, 0.05) is 19.1 Å². The molecule has 0 unspecified atom stereocenters. The summed E-state index contributed by atoms with van der Waals surface area (Å²) in [6.07, 6.45) is 7.25. The second-order valence-corrected chi connectivity index (χ2v) is 9.23. The Labute approximate surface area is 146 Å². The van der Waals surface area contributed by atoms with Crippen molar-refractivity contribution in [1.29, 1.82) is 0 Å². The Bertz CT molecular complexity index is 629. The number of benzene rings is 1. The number of aryl methyl sites for hydroxylation is 1. The number of sulfonamides is 1. The first-order valence-electron chi connectivity index (χ1n) is 9.33. The standard InChI is InChI=1S/C19H30N2O2S/c1-17-8-4-5-9-18(17)16-24(22,23)21-14-10-19(11-15-21)20-12-6-2-3-7-13-20/h4-5,8-9,19H,2-3,6-7,10-16H2,1H3. The molecule has 0 aliphatic carbocycles. The largest absolute Gasteiger partial charge is 0.300 e. The highest BCUT2D eigenvalue weighted by Crippen LogP contribution is 2.24. The van der Waals surface area contributed by atoms with Gasteiger partial charge in [-0.25, -0.2) is 12.7 Å². The van der Waals surface area contributed by atoms with Gasteiger partial charge in [-0.2, -0.15) is 0 Å². The molecule has 0 aromatic heterocycles. The average molecular weight is 351 g/mol. The molecule has 1 aromatic rings. The predicted molar refractivity (Wildman–Crippen MR) is 98.4 cm³/mol.